The molecule has 0 bridgehead atoms. The van der Waals surface area contributed by atoms with Crippen molar-refractivity contribution in [2.24, 2.45) is 0 Å². The summed E-state index contributed by atoms with van der Waals surface area (Å²) in [5.41, 5.74) is 0.260. The van der Waals surface area contributed by atoms with Gasteiger partial charge in [-0.3, -0.25) is 10.1 Å². The molecule has 0 amide bonds. The fourth-order valence-corrected chi connectivity index (χ4v) is 1.36. The predicted octanol–water partition coefficient (Wildman–Crippen LogP) is 3.18. The summed E-state index contributed by atoms with van der Waals surface area (Å²) in [4.78, 5) is 10.1. The molecule has 5 heteroatoms. The Labute approximate surface area is 101 Å². The minimum absolute atomic E-state index is 0.0678. The molecule has 0 aliphatic carbocycles. The summed E-state index contributed by atoms with van der Waals surface area (Å²) in [5.74, 6) is 4.77. The van der Waals surface area contributed by atoms with Crippen LogP contribution in [0.4, 0.5) is 10.1 Å². The van der Waals surface area contributed by atoms with Gasteiger partial charge in [0.1, 0.15) is 5.82 Å². The van der Waals surface area contributed by atoms with E-state index in [9.17, 15) is 14.5 Å². The molecule has 0 spiro atoms. The van der Waals surface area contributed by atoms with Gasteiger partial charge < -0.3 is 0 Å². The zero-order valence-corrected chi connectivity index (χ0v) is 10.2. The minimum Gasteiger partial charge on any atom is -0.258 e. The number of hydrogen-bond acceptors (Lipinski definition) is 2. The van der Waals surface area contributed by atoms with E-state index in [-0.39, 0.29) is 11.3 Å². The molecule has 0 saturated carbocycles. The Morgan fingerprint density at radius 1 is 1.56 bits per heavy atom. The SMILES string of the molecule is Cc1cc(F)c(C#CCCBr)cc1[N+](=O)[O-]. The van der Waals surface area contributed by atoms with Crippen molar-refractivity contribution >= 4 is 21.6 Å². The Bertz CT molecular complexity index is 477. The van der Waals surface area contributed by atoms with Gasteiger partial charge in [-0.1, -0.05) is 27.8 Å². The van der Waals surface area contributed by atoms with E-state index in [1.54, 1.807) is 0 Å². The number of benzene rings is 1. The van der Waals surface area contributed by atoms with Gasteiger partial charge in [0, 0.05) is 23.4 Å². The Hall–Kier alpha value is -1.41. The highest BCUT2D eigenvalue weighted by Gasteiger charge is 2.14. The fraction of sp³-hybridized carbons (Fsp3) is 0.273. The Balaban J connectivity index is 3.16. The van der Waals surface area contributed by atoms with Crippen LogP contribution in [0.25, 0.3) is 0 Å². The molecule has 0 N–H and O–H groups in total. The highest BCUT2D eigenvalue weighted by Crippen LogP contribution is 2.21. The minimum atomic E-state index is -0.537. The zero-order valence-electron chi connectivity index (χ0n) is 8.59. The van der Waals surface area contributed by atoms with Gasteiger partial charge in [0.2, 0.25) is 0 Å². The van der Waals surface area contributed by atoms with Crippen molar-refractivity contribution < 1.29 is 9.31 Å². The van der Waals surface area contributed by atoms with Gasteiger partial charge in [0.05, 0.1) is 10.5 Å². The number of nitro groups is 1. The predicted molar refractivity (Wildman–Crippen MR) is 63.1 cm³/mol. The highest BCUT2D eigenvalue weighted by molar-refractivity contribution is 9.09. The maximum absolute atomic E-state index is 13.4. The van der Waals surface area contributed by atoms with Gasteiger partial charge in [0.15, 0.2) is 0 Å². The second-order valence-corrected chi connectivity index (χ2v) is 3.91. The second kappa shape index (κ2) is 5.61. The van der Waals surface area contributed by atoms with E-state index in [1.807, 2.05) is 0 Å². The number of halogens is 2. The summed E-state index contributed by atoms with van der Waals surface area (Å²) in [7, 11) is 0. The molecule has 0 radical (unpaired) electrons. The van der Waals surface area contributed by atoms with E-state index in [2.05, 4.69) is 27.8 Å². The molecular weight excluding hydrogens is 277 g/mol. The lowest BCUT2D eigenvalue weighted by Crippen LogP contribution is -1.95. The Morgan fingerprint density at radius 2 is 2.25 bits per heavy atom. The third-order valence-corrected chi connectivity index (χ3v) is 2.32. The average molecular weight is 286 g/mol. The lowest BCUT2D eigenvalue weighted by molar-refractivity contribution is -0.385. The molecule has 84 valence electrons. The van der Waals surface area contributed by atoms with Crippen LogP contribution in [-0.2, 0) is 0 Å². The molecule has 3 nitrogen and oxygen atoms in total. The Morgan fingerprint density at radius 3 is 2.81 bits per heavy atom. The van der Waals surface area contributed by atoms with Crippen molar-refractivity contribution in [2.45, 2.75) is 13.3 Å². The normalized spacial score (nSPS) is 9.44. The van der Waals surface area contributed by atoms with Crippen LogP contribution in [0.3, 0.4) is 0 Å². The molecule has 0 aromatic heterocycles. The molecule has 0 fully saturated rings. The van der Waals surface area contributed by atoms with Gasteiger partial charge in [0.25, 0.3) is 5.69 Å². The summed E-state index contributed by atoms with van der Waals surface area (Å²) < 4.78 is 13.4. The van der Waals surface area contributed by atoms with Gasteiger partial charge in [-0.15, -0.1) is 0 Å². The van der Waals surface area contributed by atoms with Crippen LogP contribution in [0, 0.1) is 34.7 Å². The molecule has 0 saturated heterocycles. The maximum Gasteiger partial charge on any atom is 0.273 e. The number of rotatable bonds is 2. The zero-order chi connectivity index (χ0) is 12.1. The van der Waals surface area contributed by atoms with Crippen LogP contribution >= 0.6 is 15.9 Å². The highest BCUT2D eigenvalue weighted by atomic mass is 79.9. The summed E-state index contributed by atoms with van der Waals surface area (Å²) in [6.07, 6.45) is 0.571. The molecule has 0 unspecified atom stereocenters. The van der Waals surface area contributed by atoms with Gasteiger partial charge in [-0.2, -0.15) is 0 Å². The van der Waals surface area contributed by atoms with E-state index >= 15 is 0 Å². The summed E-state index contributed by atoms with van der Waals surface area (Å²) >= 11 is 3.19. The molecule has 0 aliphatic heterocycles. The van der Waals surface area contributed by atoms with Gasteiger partial charge >= 0.3 is 0 Å². The van der Waals surface area contributed by atoms with Crippen LogP contribution in [0.2, 0.25) is 0 Å². The van der Waals surface area contributed by atoms with Crippen molar-refractivity contribution in [3.05, 3.63) is 39.2 Å². The first kappa shape index (κ1) is 12.7. The quantitative estimate of drug-likeness (QED) is 0.363. The number of nitrogens with zero attached hydrogens (tertiary/aromatic N) is 1. The van der Waals surface area contributed by atoms with E-state index in [4.69, 9.17) is 0 Å². The van der Waals surface area contributed by atoms with Crippen LogP contribution in [0.1, 0.15) is 17.5 Å². The first-order valence-electron chi connectivity index (χ1n) is 4.55. The number of alkyl halides is 1. The van der Waals surface area contributed by atoms with Crippen molar-refractivity contribution in [1.29, 1.82) is 0 Å². The number of aryl methyl sites for hydroxylation is 1. The molecule has 1 aromatic carbocycles. The van der Waals surface area contributed by atoms with Crippen LogP contribution < -0.4 is 0 Å². The maximum atomic E-state index is 13.4. The summed E-state index contributed by atoms with van der Waals surface area (Å²) in [6, 6.07) is 2.31. The Kier molecular flexibility index (Phi) is 4.44. The monoisotopic (exact) mass is 285 g/mol. The number of nitro benzene ring substituents is 1. The van der Waals surface area contributed by atoms with Crippen molar-refractivity contribution in [2.75, 3.05) is 5.33 Å². The van der Waals surface area contributed by atoms with E-state index in [1.165, 1.54) is 13.0 Å². The van der Waals surface area contributed by atoms with Crippen LogP contribution in [0.15, 0.2) is 12.1 Å². The molecule has 0 atom stereocenters. The van der Waals surface area contributed by atoms with E-state index in [0.717, 1.165) is 6.07 Å². The van der Waals surface area contributed by atoms with Gasteiger partial charge in [-0.05, 0) is 13.0 Å². The first-order chi connectivity index (χ1) is 7.56. The molecule has 16 heavy (non-hydrogen) atoms. The van der Waals surface area contributed by atoms with Gasteiger partial charge in [-0.25, -0.2) is 4.39 Å². The molecule has 0 aliphatic rings. The van der Waals surface area contributed by atoms with Crippen molar-refractivity contribution in [1.82, 2.24) is 0 Å². The summed E-state index contributed by atoms with van der Waals surface area (Å²) in [6.45, 7) is 1.50. The molecule has 1 aromatic rings. The van der Waals surface area contributed by atoms with E-state index in [0.29, 0.717) is 17.3 Å². The standard InChI is InChI=1S/C11H9BrFNO2/c1-8-6-10(13)9(4-2-3-5-12)7-11(8)14(15)16/h6-7H,3,5H2,1H3. The van der Waals surface area contributed by atoms with E-state index < -0.39 is 10.7 Å². The third kappa shape index (κ3) is 3.04. The van der Waals surface area contributed by atoms with Crippen molar-refractivity contribution in [3.8, 4) is 11.8 Å². The fourth-order valence-electron chi connectivity index (χ4n) is 1.16. The molecule has 0 heterocycles. The molecule has 1 rings (SSSR count). The molecular formula is C11H9BrFNO2. The second-order valence-electron chi connectivity index (χ2n) is 3.12. The smallest absolute Gasteiger partial charge is 0.258 e. The lowest BCUT2D eigenvalue weighted by atomic mass is 10.1. The van der Waals surface area contributed by atoms with Crippen LogP contribution in [-0.4, -0.2) is 10.3 Å². The largest absolute Gasteiger partial charge is 0.273 e. The van der Waals surface area contributed by atoms with Crippen LogP contribution in [0.5, 0.6) is 0 Å². The topological polar surface area (TPSA) is 43.1 Å². The average Bonchev–Trinajstić information content (AvgIpc) is 2.21. The number of hydrogen-bond donors (Lipinski definition) is 0. The first-order valence-corrected chi connectivity index (χ1v) is 5.67. The lowest BCUT2D eigenvalue weighted by Gasteiger charge is -1.99. The third-order valence-electron chi connectivity index (χ3n) is 1.92. The van der Waals surface area contributed by atoms with Crippen molar-refractivity contribution in [3.63, 3.8) is 0 Å². The summed E-state index contributed by atoms with van der Waals surface area (Å²) in [5, 5.41) is 11.3.